The van der Waals surface area contributed by atoms with Gasteiger partial charge in [-0.3, -0.25) is 14.5 Å². The summed E-state index contributed by atoms with van der Waals surface area (Å²) in [6, 6.07) is 8.18. The maximum Gasteiger partial charge on any atom is 0.252 e. The number of rotatable bonds is 5. The fourth-order valence-electron chi connectivity index (χ4n) is 4.44. The monoisotopic (exact) mass is 367 g/mol. The third kappa shape index (κ3) is 4.24. The van der Waals surface area contributed by atoms with Crippen LogP contribution in [0.25, 0.3) is 10.9 Å². The molecule has 0 atom stereocenters. The SMILES string of the molecule is Cc1ccc2[nH]c(=O)c(CN3CCC(CCN4CCCC4=O)CC3)cc2c1. The molecular formula is C22H29N3O2. The zero-order chi connectivity index (χ0) is 18.8. The van der Waals surface area contributed by atoms with Gasteiger partial charge in [0.25, 0.3) is 5.56 Å². The second-order valence-electron chi connectivity index (χ2n) is 8.21. The molecule has 3 heterocycles. The number of amides is 1. The summed E-state index contributed by atoms with van der Waals surface area (Å²) in [6.45, 7) is 6.73. The molecule has 5 heteroatoms. The molecule has 2 saturated heterocycles. The molecule has 0 aliphatic carbocycles. The normalized spacial score (nSPS) is 19.3. The Morgan fingerprint density at radius 2 is 1.93 bits per heavy atom. The van der Waals surface area contributed by atoms with Crippen LogP contribution in [0.1, 0.15) is 43.2 Å². The number of aryl methyl sites for hydroxylation is 1. The van der Waals surface area contributed by atoms with E-state index < -0.39 is 0 Å². The van der Waals surface area contributed by atoms with E-state index in [1.807, 2.05) is 23.1 Å². The number of aromatic nitrogens is 1. The molecule has 2 aromatic rings. The molecule has 1 aromatic carbocycles. The summed E-state index contributed by atoms with van der Waals surface area (Å²) >= 11 is 0. The van der Waals surface area contributed by atoms with E-state index in [1.54, 1.807) is 0 Å². The number of nitrogens with zero attached hydrogens (tertiary/aromatic N) is 2. The van der Waals surface area contributed by atoms with Crippen molar-refractivity contribution in [2.75, 3.05) is 26.2 Å². The maximum absolute atomic E-state index is 12.4. The number of nitrogens with one attached hydrogen (secondary N) is 1. The van der Waals surface area contributed by atoms with Crippen molar-refractivity contribution in [3.8, 4) is 0 Å². The lowest BCUT2D eigenvalue weighted by atomic mass is 9.93. The van der Waals surface area contributed by atoms with E-state index in [2.05, 4.69) is 22.9 Å². The van der Waals surface area contributed by atoms with Gasteiger partial charge in [-0.1, -0.05) is 11.6 Å². The minimum atomic E-state index is 0.0287. The number of fused-ring (bicyclic) bond motifs is 1. The van der Waals surface area contributed by atoms with E-state index in [1.165, 1.54) is 5.56 Å². The third-order valence-corrected chi connectivity index (χ3v) is 6.16. The first-order chi connectivity index (χ1) is 13.1. The second-order valence-corrected chi connectivity index (χ2v) is 8.21. The Balaban J connectivity index is 1.32. The van der Waals surface area contributed by atoms with Gasteiger partial charge < -0.3 is 9.88 Å². The summed E-state index contributed by atoms with van der Waals surface area (Å²) in [7, 11) is 0. The van der Waals surface area contributed by atoms with Crippen LogP contribution in [0.15, 0.2) is 29.1 Å². The molecule has 0 spiro atoms. The van der Waals surface area contributed by atoms with Crippen molar-refractivity contribution in [1.82, 2.24) is 14.8 Å². The van der Waals surface area contributed by atoms with Crippen LogP contribution in [0.2, 0.25) is 0 Å². The van der Waals surface area contributed by atoms with Crippen molar-refractivity contribution in [1.29, 1.82) is 0 Å². The zero-order valence-electron chi connectivity index (χ0n) is 16.2. The number of carbonyl (C=O) groups is 1. The molecule has 27 heavy (non-hydrogen) atoms. The van der Waals surface area contributed by atoms with Crippen LogP contribution in [0.3, 0.4) is 0 Å². The maximum atomic E-state index is 12.4. The van der Waals surface area contributed by atoms with Gasteiger partial charge in [-0.05, 0) is 75.2 Å². The highest BCUT2D eigenvalue weighted by Crippen LogP contribution is 2.23. The lowest BCUT2D eigenvalue weighted by molar-refractivity contribution is -0.127. The fourth-order valence-corrected chi connectivity index (χ4v) is 4.44. The van der Waals surface area contributed by atoms with E-state index in [9.17, 15) is 9.59 Å². The predicted octanol–water partition coefficient (Wildman–Crippen LogP) is 3.06. The molecule has 5 nitrogen and oxygen atoms in total. The van der Waals surface area contributed by atoms with Crippen molar-refractivity contribution in [3.63, 3.8) is 0 Å². The quantitative estimate of drug-likeness (QED) is 0.884. The molecule has 1 amide bonds. The van der Waals surface area contributed by atoms with Crippen molar-refractivity contribution < 1.29 is 4.79 Å². The number of hydrogen-bond donors (Lipinski definition) is 1. The lowest BCUT2D eigenvalue weighted by Gasteiger charge is -2.32. The van der Waals surface area contributed by atoms with Crippen LogP contribution in [0.4, 0.5) is 0 Å². The standard InChI is InChI=1S/C22H29N3O2/c1-16-4-5-20-18(13-16)14-19(22(27)23-20)15-24-10-6-17(7-11-24)8-12-25-9-2-3-21(25)26/h4-5,13-14,17H,2-3,6-12,15H2,1H3,(H,23,27). The number of aromatic amines is 1. The smallest absolute Gasteiger partial charge is 0.252 e. The predicted molar refractivity (Wildman–Crippen MR) is 108 cm³/mol. The van der Waals surface area contributed by atoms with Crippen LogP contribution in [0.5, 0.6) is 0 Å². The first-order valence-corrected chi connectivity index (χ1v) is 10.2. The van der Waals surface area contributed by atoms with Crippen molar-refractivity contribution >= 4 is 16.8 Å². The third-order valence-electron chi connectivity index (χ3n) is 6.16. The first kappa shape index (κ1) is 18.2. The van der Waals surface area contributed by atoms with Gasteiger partial charge in [0.15, 0.2) is 0 Å². The molecule has 0 unspecified atom stereocenters. The molecule has 0 saturated carbocycles. The van der Waals surface area contributed by atoms with E-state index in [0.29, 0.717) is 11.8 Å². The highest BCUT2D eigenvalue weighted by atomic mass is 16.2. The molecule has 4 rings (SSSR count). The van der Waals surface area contributed by atoms with E-state index in [-0.39, 0.29) is 5.56 Å². The number of likely N-dealkylation sites (tertiary alicyclic amines) is 2. The Hall–Kier alpha value is -2.14. The van der Waals surface area contributed by atoms with Gasteiger partial charge in [-0.25, -0.2) is 0 Å². The molecule has 1 aromatic heterocycles. The van der Waals surface area contributed by atoms with Gasteiger partial charge in [0.1, 0.15) is 0 Å². The van der Waals surface area contributed by atoms with Gasteiger partial charge >= 0.3 is 0 Å². The average molecular weight is 367 g/mol. The summed E-state index contributed by atoms with van der Waals surface area (Å²) in [5.74, 6) is 1.03. The highest BCUT2D eigenvalue weighted by Gasteiger charge is 2.24. The molecule has 2 fully saturated rings. The van der Waals surface area contributed by atoms with Crippen molar-refractivity contribution in [2.45, 2.75) is 45.6 Å². The average Bonchev–Trinajstić information content (AvgIpc) is 3.07. The largest absolute Gasteiger partial charge is 0.343 e. The lowest BCUT2D eigenvalue weighted by Crippen LogP contribution is -2.36. The highest BCUT2D eigenvalue weighted by molar-refractivity contribution is 5.79. The van der Waals surface area contributed by atoms with Crippen LogP contribution in [-0.2, 0) is 11.3 Å². The fraction of sp³-hybridized carbons (Fsp3) is 0.545. The van der Waals surface area contributed by atoms with Gasteiger partial charge in [0, 0.05) is 37.1 Å². The summed E-state index contributed by atoms with van der Waals surface area (Å²) < 4.78 is 0. The number of pyridine rings is 1. The Morgan fingerprint density at radius 3 is 2.67 bits per heavy atom. The summed E-state index contributed by atoms with van der Waals surface area (Å²) in [5.41, 5.74) is 3.00. The minimum Gasteiger partial charge on any atom is -0.343 e. The van der Waals surface area contributed by atoms with Crippen molar-refractivity contribution in [2.24, 2.45) is 5.92 Å². The van der Waals surface area contributed by atoms with Crippen LogP contribution in [0, 0.1) is 12.8 Å². The van der Waals surface area contributed by atoms with Gasteiger partial charge in [0.2, 0.25) is 5.91 Å². The van der Waals surface area contributed by atoms with E-state index >= 15 is 0 Å². The van der Waals surface area contributed by atoms with Crippen LogP contribution >= 0.6 is 0 Å². The summed E-state index contributed by atoms with van der Waals surface area (Å²) in [4.78, 5) is 31.6. The summed E-state index contributed by atoms with van der Waals surface area (Å²) in [5, 5.41) is 1.11. The molecule has 2 aliphatic rings. The molecule has 2 aliphatic heterocycles. The van der Waals surface area contributed by atoms with E-state index in [0.717, 1.165) is 81.3 Å². The van der Waals surface area contributed by atoms with Gasteiger partial charge in [-0.15, -0.1) is 0 Å². The van der Waals surface area contributed by atoms with Gasteiger partial charge in [-0.2, -0.15) is 0 Å². The van der Waals surface area contributed by atoms with Crippen molar-refractivity contribution in [3.05, 3.63) is 45.7 Å². The Labute approximate surface area is 160 Å². The summed E-state index contributed by atoms with van der Waals surface area (Å²) in [6.07, 6.45) is 5.20. The molecular weight excluding hydrogens is 338 g/mol. The second kappa shape index (κ2) is 7.85. The number of piperidine rings is 1. The minimum absolute atomic E-state index is 0.0287. The molecule has 0 radical (unpaired) electrons. The number of hydrogen-bond acceptors (Lipinski definition) is 3. The van der Waals surface area contributed by atoms with Crippen LogP contribution < -0.4 is 5.56 Å². The number of carbonyl (C=O) groups excluding carboxylic acids is 1. The van der Waals surface area contributed by atoms with E-state index in [4.69, 9.17) is 0 Å². The van der Waals surface area contributed by atoms with Crippen LogP contribution in [-0.4, -0.2) is 46.9 Å². The zero-order valence-corrected chi connectivity index (χ0v) is 16.2. The Bertz CT molecular complexity index is 881. The topological polar surface area (TPSA) is 56.4 Å². The Kier molecular flexibility index (Phi) is 5.30. The Morgan fingerprint density at radius 1 is 1.11 bits per heavy atom. The molecule has 1 N–H and O–H groups in total. The first-order valence-electron chi connectivity index (χ1n) is 10.2. The number of H-pyrrole nitrogens is 1. The molecule has 0 bridgehead atoms. The molecule has 144 valence electrons. The number of benzene rings is 1. The van der Waals surface area contributed by atoms with Gasteiger partial charge in [0.05, 0.1) is 0 Å².